The van der Waals surface area contributed by atoms with Gasteiger partial charge < -0.3 is 11.1 Å². The van der Waals surface area contributed by atoms with Gasteiger partial charge in [0.2, 0.25) is 0 Å². The number of rotatable bonds is 4. The van der Waals surface area contributed by atoms with Crippen LogP contribution in [0.2, 0.25) is 5.02 Å². The third-order valence-electron chi connectivity index (χ3n) is 4.98. The molecule has 0 aliphatic carbocycles. The molecule has 0 spiro atoms. The average Bonchev–Trinajstić information content (AvgIpc) is 2.60. The molecule has 1 aliphatic heterocycles. The fourth-order valence-electron chi connectivity index (χ4n) is 3.79. The summed E-state index contributed by atoms with van der Waals surface area (Å²) in [5.74, 6) is 0.888. The molecule has 0 radical (unpaired) electrons. The molecule has 2 unspecified atom stereocenters. The van der Waals surface area contributed by atoms with Crippen LogP contribution in [0.3, 0.4) is 0 Å². The second kappa shape index (κ2) is 10.3. The average molecular weight is 499 g/mol. The van der Waals surface area contributed by atoms with E-state index in [-0.39, 0.29) is 24.0 Å². The molecule has 3 N–H and O–H groups in total. The number of hydrogen-bond acceptors (Lipinski definition) is 2. The third-order valence-corrected chi connectivity index (χ3v) is 5.22. The Balaban J connectivity index is 0.00000261. The molecular weight excluding hydrogens is 471 g/mol. The molecule has 2 aromatic rings. The molecule has 1 aliphatic rings. The van der Waals surface area contributed by atoms with Crippen LogP contribution in [0.5, 0.6) is 0 Å². The lowest BCUT2D eigenvalue weighted by Gasteiger charge is -2.39. The van der Waals surface area contributed by atoms with Gasteiger partial charge in [-0.05, 0) is 74.7 Å². The van der Waals surface area contributed by atoms with Crippen LogP contribution in [-0.2, 0) is 0 Å². The topological polar surface area (TPSA) is 53.6 Å². The van der Waals surface area contributed by atoms with Gasteiger partial charge in [0.15, 0.2) is 5.96 Å². The predicted octanol–water partition coefficient (Wildman–Crippen LogP) is 5.08. The minimum Gasteiger partial charge on any atom is -0.370 e. The maximum atomic E-state index is 6.21. The van der Waals surface area contributed by atoms with Crippen LogP contribution >= 0.6 is 35.6 Å². The second-order valence-corrected chi connectivity index (χ2v) is 7.54. The van der Waals surface area contributed by atoms with Crippen molar-refractivity contribution in [2.75, 3.05) is 25.5 Å². The van der Waals surface area contributed by atoms with Crippen LogP contribution in [0.4, 0.5) is 5.69 Å². The number of guanidine groups is 1. The summed E-state index contributed by atoms with van der Waals surface area (Å²) >= 11 is 6.21. The summed E-state index contributed by atoms with van der Waals surface area (Å²) in [6.45, 7) is 3.85. The minimum atomic E-state index is 0. The highest BCUT2D eigenvalue weighted by atomic mass is 127. The zero-order valence-corrected chi connectivity index (χ0v) is 18.9. The van der Waals surface area contributed by atoms with E-state index in [0.29, 0.717) is 24.5 Å². The lowest BCUT2D eigenvalue weighted by Crippen LogP contribution is -2.38. The van der Waals surface area contributed by atoms with Gasteiger partial charge in [-0.25, -0.2) is 0 Å². The number of aliphatic imine (C=N–C) groups is 1. The number of benzene rings is 2. The Morgan fingerprint density at radius 1 is 1.26 bits per heavy atom. The fourth-order valence-corrected chi connectivity index (χ4v) is 3.99. The smallest absolute Gasteiger partial charge is 0.193 e. The Hall–Kier alpha value is -1.31. The quantitative estimate of drug-likeness (QED) is 0.351. The molecule has 0 saturated carbocycles. The lowest BCUT2D eigenvalue weighted by molar-refractivity contribution is 0.125. The van der Waals surface area contributed by atoms with Crippen LogP contribution in [0.15, 0.2) is 53.5 Å². The molecule has 146 valence electrons. The molecule has 1 fully saturated rings. The van der Waals surface area contributed by atoms with E-state index in [4.69, 9.17) is 17.3 Å². The SMILES string of the molecule is Cc1cccc(NC(N)=NCC2CCCN(C)C2c2cccc(Cl)c2)c1.I. The first kappa shape index (κ1) is 22.0. The molecule has 0 amide bonds. The molecule has 2 aromatic carbocycles. The van der Waals surface area contributed by atoms with E-state index in [0.717, 1.165) is 23.7 Å². The third kappa shape index (κ3) is 6.09. The van der Waals surface area contributed by atoms with E-state index in [1.165, 1.54) is 17.5 Å². The molecule has 4 nitrogen and oxygen atoms in total. The summed E-state index contributed by atoms with van der Waals surface area (Å²) in [6, 6.07) is 16.6. The highest BCUT2D eigenvalue weighted by Gasteiger charge is 2.30. The molecule has 6 heteroatoms. The van der Waals surface area contributed by atoms with Gasteiger partial charge in [0, 0.05) is 23.3 Å². The normalized spacial score (nSPS) is 20.8. The number of aryl methyl sites for hydroxylation is 1. The van der Waals surface area contributed by atoms with Gasteiger partial charge in [0.25, 0.3) is 0 Å². The molecule has 3 rings (SSSR count). The van der Waals surface area contributed by atoms with Crippen molar-refractivity contribution in [3.63, 3.8) is 0 Å². The number of likely N-dealkylation sites (tertiary alicyclic amines) is 1. The van der Waals surface area contributed by atoms with Gasteiger partial charge in [0.1, 0.15) is 0 Å². The zero-order chi connectivity index (χ0) is 18.5. The van der Waals surface area contributed by atoms with Crippen LogP contribution in [0.25, 0.3) is 0 Å². The van der Waals surface area contributed by atoms with Gasteiger partial charge in [0.05, 0.1) is 0 Å². The summed E-state index contributed by atoms with van der Waals surface area (Å²) in [5, 5.41) is 3.97. The van der Waals surface area contributed by atoms with E-state index < -0.39 is 0 Å². The summed E-state index contributed by atoms with van der Waals surface area (Å²) in [4.78, 5) is 7.03. The van der Waals surface area contributed by atoms with Crippen molar-refractivity contribution in [1.82, 2.24) is 4.90 Å². The summed E-state index contributed by atoms with van der Waals surface area (Å²) in [5.41, 5.74) is 9.54. The maximum Gasteiger partial charge on any atom is 0.193 e. The van der Waals surface area contributed by atoms with Crippen molar-refractivity contribution in [3.8, 4) is 0 Å². The number of piperidine rings is 1. The van der Waals surface area contributed by atoms with E-state index >= 15 is 0 Å². The highest BCUT2D eigenvalue weighted by Crippen LogP contribution is 2.36. The van der Waals surface area contributed by atoms with Crippen LogP contribution in [0.1, 0.15) is 30.0 Å². The lowest BCUT2D eigenvalue weighted by atomic mass is 9.85. The fraction of sp³-hybridized carbons (Fsp3) is 0.381. The Morgan fingerprint density at radius 3 is 2.78 bits per heavy atom. The molecule has 1 heterocycles. The number of anilines is 1. The molecule has 0 bridgehead atoms. The first-order valence-corrected chi connectivity index (χ1v) is 9.50. The van der Waals surface area contributed by atoms with Crippen molar-refractivity contribution in [1.29, 1.82) is 0 Å². The maximum absolute atomic E-state index is 6.21. The standard InChI is InChI=1S/C21H27ClN4.HI/c1-15-6-3-10-19(12-15)25-21(23)24-14-17-8-5-11-26(2)20(17)16-7-4-9-18(22)13-16;/h3-4,6-7,9-10,12-13,17,20H,5,8,11,14H2,1-2H3,(H3,23,24,25);1H. The molecular formula is C21H28ClIN4. The van der Waals surface area contributed by atoms with Crippen molar-refractivity contribution >= 4 is 47.2 Å². The van der Waals surface area contributed by atoms with Crippen molar-refractivity contribution < 1.29 is 0 Å². The van der Waals surface area contributed by atoms with Crippen LogP contribution < -0.4 is 11.1 Å². The zero-order valence-electron chi connectivity index (χ0n) is 15.9. The summed E-state index contributed by atoms with van der Waals surface area (Å²) in [6.07, 6.45) is 2.32. The van der Waals surface area contributed by atoms with Gasteiger partial charge in [-0.15, -0.1) is 24.0 Å². The minimum absolute atomic E-state index is 0. The van der Waals surface area contributed by atoms with Gasteiger partial charge in [-0.1, -0.05) is 35.9 Å². The molecule has 1 saturated heterocycles. The number of nitrogens with zero attached hydrogens (tertiary/aromatic N) is 2. The largest absolute Gasteiger partial charge is 0.370 e. The summed E-state index contributed by atoms with van der Waals surface area (Å²) < 4.78 is 0. The van der Waals surface area contributed by atoms with Gasteiger partial charge in [-0.3, -0.25) is 9.89 Å². The predicted molar refractivity (Wildman–Crippen MR) is 126 cm³/mol. The second-order valence-electron chi connectivity index (χ2n) is 7.10. The monoisotopic (exact) mass is 498 g/mol. The summed E-state index contributed by atoms with van der Waals surface area (Å²) in [7, 11) is 2.18. The Labute approximate surface area is 184 Å². The number of nitrogens with one attached hydrogen (secondary N) is 1. The van der Waals surface area contributed by atoms with Crippen molar-refractivity contribution in [2.45, 2.75) is 25.8 Å². The van der Waals surface area contributed by atoms with Crippen LogP contribution in [0, 0.1) is 12.8 Å². The van der Waals surface area contributed by atoms with E-state index in [1.54, 1.807) is 0 Å². The van der Waals surface area contributed by atoms with E-state index in [9.17, 15) is 0 Å². The first-order chi connectivity index (χ1) is 12.5. The molecule has 0 aromatic heterocycles. The first-order valence-electron chi connectivity index (χ1n) is 9.12. The van der Waals surface area contributed by atoms with Crippen molar-refractivity contribution in [3.05, 3.63) is 64.7 Å². The molecule has 2 atom stereocenters. The molecule has 27 heavy (non-hydrogen) atoms. The van der Waals surface area contributed by atoms with E-state index in [2.05, 4.69) is 53.4 Å². The Kier molecular flexibility index (Phi) is 8.38. The number of halogens is 2. The van der Waals surface area contributed by atoms with Gasteiger partial charge in [-0.2, -0.15) is 0 Å². The van der Waals surface area contributed by atoms with Gasteiger partial charge >= 0.3 is 0 Å². The van der Waals surface area contributed by atoms with Crippen LogP contribution in [-0.4, -0.2) is 31.0 Å². The highest BCUT2D eigenvalue weighted by molar-refractivity contribution is 14.0. The number of hydrogen-bond donors (Lipinski definition) is 2. The Morgan fingerprint density at radius 2 is 2.04 bits per heavy atom. The number of nitrogens with two attached hydrogens (primary N) is 1. The van der Waals surface area contributed by atoms with Crippen molar-refractivity contribution in [2.24, 2.45) is 16.6 Å². The van der Waals surface area contributed by atoms with E-state index in [1.807, 2.05) is 24.3 Å². The Bertz CT molecular complexity index is 780.